The van der Waals surface area contributed by atoms with Gasteiger partial charge in [-0.1, -0.05) is 41.5 Å². The Morgan fingerprint density at radius 1 is 1.00 bits per heavy atom. The average molecular weight is 290 g/mol. The Hall–Kier alpha value is -1.77. The van der Waals surface area contributed by atoms with Crippen LogP contribution in [0.2, 0.25) is 0 Å². The smallest absolute Gasteiger partial charge is 0.331 e. The molecule has 0 spiro atoms. The molecule has 0 unspecified atom stereocenters. The van der Waals surface area contributed by atoms with Gasteiger partial charge in [0.25, 0.3) is 0 Å². The first kappa shape index (κ1) is 17.3. The Labute approximate surface area is 127 Å². The second-order valence-corrected chi connectivity index (χ2v) is 7.60. The molecule has 0 amide bonds. The number of phenols is 1. The summed E-state index contributed by atoms with van der Waals surface area (Å²) in [5.41, 5.74) is 2.32. The van der Waals surface area contributed by atoms with Gasteiger partial charge in [-0.3, -0.25) is 0 Å². The monoisotopic (exact) mass is 290 g/mol. The molecule has 0 aromatic heterocycles. The number of phenolic OH excluding ortho intramolecular Hbond substituents is 1. The van der Waals surface area contributed by atoms with Crippen molar-refractivity contribution in [3.05, 3.63) is 34.4 Å². The summed E-state index contributed by atoms with van der Waals surface area (Å²) in [6.45, 7) is 13.8. The third kappa shape index (κ3) is 4.10. The molecule has 3 heteroatoms. The van der Waals surface area contributed by atoms with Crippen molar-refractivity contribution < 1.29 is 15.0 Å². The van der Waals surface area contributed by atoms with E-state index in [-0.39, 0.29) is 16.4 Å². The molecular weight excluding hydrogens is 264 g/mol. The van der Waals surface area contributed by atoms with Crippen molar-refractivity contribution in [2.45, 2.75) is 59.3 Å². The molecule has 116 valence electrons. The van der Waals surface area contributed by atoms with Gasteiger partial charge >= 0.3 is 5.97 Å². The molecule has 0 heterocycles. The molecule has 0 atom stereocenters. The summed E-state index contributed by atoms with van der Waals surface area (Å²) in [7, 11) is 0. The van der Waals surface area contributed by atoms with Gasteiger partial charge in [-0.2, -0.15) is 0 Å². The fourth-order valence-corrected chi connectivity index (χ4v) is 2.20. The number of rotatable bonds is 2. The van der Waals surface area contributed by atoms with E-state index in [1.165, 1.54) is 0 Å². The van der Waals surface area contributed by atoms with Crippen molar-refractivity contribution in [2.75, 3.05) is 0 Å². The number of carboxylic acid groups (broad SMARTS) is 1. The number of hydrogen-bond acceptors (Lipinski definition) is 2. The fraction of sp³-hybridized carbons (Fsp3) is 0.500. The second kappa shape index (κ2) is 5.55. The van der Waals surface area contributed by atoms with Crippen LogP contribution in [0.1, 0.15) is 65.2 Å². The summed E-state index contributed by atoms with van der Waals surface area (Å²) < 4.78 is 0. The number of carboxylic acids is 1. The number of hydrogen-bond donors (Lipinski definition) is 2. The zero-order valence-electron chi connectivity index (χ0n) is 14.0. The molecule has 0 aliphatic heterocycles. The molecular formula is C18H26O3. The molecule has 0 fully saturated rings. The summed E-state index contributed by atoms with van der Waals surface area (Å²) >= 11 is 0. The molecule has 2 N–H and O–H groups in total. The minimum atomic E-state index is -0.933. The maximum atomic E-state index is 11.0. The highest BCUT2D eigenvalue weighted by molar-refractivity contribution is 5.91. The molecule has 0 saturated carbocycles. The van der Waals surface area contributed by atoms with E-state index in [4.69, 9.17) is 5.11 Å². The molecule has 21 heavy (non-hydrogen) atoms. The van der Waals surface area contributed by atoms with E-state index in [1.54, 1.807) is 13.0 Å². The summed E-state index contributed by atoms with van der Waals surface area (Å²) in [6, 6.07) is 3.74. The van der Waals surface area contributed by atoms with Crippen LogP contribution < -0.4 is 0 Å². The van der Waals surface area contributed by atoms with Crippen LogP contribution in [0.15, 0.2) is 17.7 Å². The predicted octanol–water partition coefficient (Wildman–Crippen LogP) is 4.48. The highest BCUT2D eigenvalue weighted by atomic mass is 16.4. The molecule has 0 radical (unpaired) electrons. The first-order valence-electron chi connectivity index (χ1n) is 7.13. The summed E-state index contributed by atoms with van der Waals surface area (Å²) in [5, 5.41) is 19.6. The molecule has 1 aromatic carbocycles. The molecule has 3 nitrogen and oxygen atoms in total. The van der Waals surface area contributed by atoms with Crippen LogP contribution in [0.5, 0.6) is 5.75 Å². The zero-order chi connectivity index (χ0) is 16.6. The first-order chi connectivity index (χ1) is 9.34. The van der Waals surface area contributed by atoms with Crippen LogP contribution in [-0.4, -0.2) is 16.2 Å². The molecule has 0 saturated heterocycles. The molecule has 1 aromatic rings. The van der Waals surface area contributed by atoms with E-state index in [9.17, 15) is 9.90 Å². The topological polar surface area (TPSA) is 57.5 Å². The lowest BCUT2D eigenvalue weighted by molar-refractivity contribution is -0.132. The number of aromatic hydroxyl groups is 1. The average Bonchev–Trinajstić information content (AvgIpc) is 2.27. The maximum Gasteiger partial charge on any atom is 0.331 e. The van der Waals surface area contributed by atoms with Crippen LogP contribution in [-0.2, 0) is 15.6 Å². The normalized spacial score (nSPS) is 13.4. The van der Waals surface area contributed by atoms with Gasteiger partial charge in [-0.25, -0.2) is 4.79 Å². The van der Waals surface area contributed by atoms with Crippen LogP contribution in [0.3, 0.4) is 0 Å². The van der Waals surface area contributed by atoms with Crippen molar-refractivity contribution in [3.8, 4) is 5.75 Å². The van der Waals surface area contributed by atoms with Crippen LogP contribution >= 0.6 is 0 Å². The largest absolute Gasteiger partial charge is 0.507 e. The highest BCUT2D eigenvalue weighted by Gasteiger charge is 2.26. The van der Waals surface area contributed by atoms with Gasteiger partial charge in [0.2, 0.25) is 0 Å². The third-order valence-corrected chi connectivity index (χ3v) is 3.47. The van der Waals surface area contributed by atoms with Crippen LogP contribution in [0.25, 0.3) is 6.08 Å². The Kier molecular flexibility index (Phi) is 4.57. The Balaban J connectivity index is 3.63. The van der Waals surface area contributed by atoms with E-state index in [1.807, 2.05) is 53.7 Å². The standard InChI is InChI=1S/C18H26O3/c1-11(16(20)21)8-12-9-13(17(2,3)4)15(19)14(10-12)18(5,6)7/h8-10,19H,1-7H3,(H,20,21). The third-order valence-electron chi connectivity index (χ3n) is 3.47. The minimum absolute atomic E-state index is 0.217. The predicted molar refractivity (Wildman–Crippen MR) is 86.8 cm³/mol. The van der Waals surface area contributed by atoms with Gasteiger partial charge in [0.05, 0.1) is 0 Å². The lowest BCUT2D eigenvalue weighted by atomic mass is 9.78. The van der Waals surface area contributed by atoms with E-state index in [0.717, 1.165) is 16.7 Å². The van der Waals surface area contributed by atoms with Crippen LogP contribution in [0.4, 0.5) is 0 Å². The second-order valence-electron chi connectivity index (χ2n) is 7.60. The van der Waals surface area contributed by atoms with E-state index in [0.29, 0.717) is 5.75 Å². The van der Waals surface area contributed by atoms with Crippen LogP contribution in [0, 0.1) is 0 Å². The number of carbonyl (C=O) groups is 1. The van der Waals surface area contributed by atoms with Crippen molar-refractivity contribution in [2.24, 2.45) is 0 Å². The van der Waals surface area contributed by atoms with Crippen molar-refractivity contribution >= 4 is 12.0 Å². The zero-order valence-corrected chi connectivity index (χ0v) is 14.0. The Morgan fingerprint density at radius 2 is 1.38 bits per heavy atom. The molecule has 0 aliphatic rings. The van der Waals surface area contributed by atoms with Gasteiger partial charge < -0.3 is 10.2 Å². The van der Waals surface area contributed by atoms with Crippen molar-refractivity contribution in [1.82, 2.24) is 0 Å². The van der Waals surface area contributed by atoms with Crippen molar-refractivity contribution in [1.29, 1.82) is 0 Å². The molecule has 0 aliphatic carbocycles. The van der Waals surface area contributed by atoms with Gasteiger partial charge in [0.1, 0.15) is 5.75 Å². The van der Waals surface area contributed by atoms with Gasteiger partial charge in [0, 0.05) is 16.7 Å². The quantitative estimate of drug-likeness (QED) is 0.790. The number of aliphatic carboxylic acids is 1. The van der Waals surface area contributed by atoms with Gasteiger partial charge in [-0.05, 0) is 41.5 Å². The highest BCUT2D eigenvalue weighted by Crippen LogP contribution is 2.40. The fourth-order valence-electron chi connectivity index (χ4n) is 2.20. The SMILES string of the molecule is CC(=Cc1cc(C(C)(C)C)c(O)c(C(C)(C)C)c1)C(=O)O. The maximum absolute atomic E-state index is 11.0. The lowest BCUT2D eigenvalue weighted by Gasteiger charge is -2.28. The Morgan fingerprint density at radius 3 is 1.67 bits per heavy atom. The van der Waals surface area contributed by atoms with E-state index >= 15 is 0 Å². The Bertz CT molecular complexity index is 546. The lowest BCUT2D eigenvalue weighted by Crippen LogP contribution is -2.17. The minimum Gasteiger partial charge on any atom is -0.507 e. The molecule has 0 bridgehead atoms. The van der Waals surface area contributed by atoms with Gasteiger partial charge in [-0.15, -0.1) is 0 Å². The number of benzene rings is 1. The van der Waals surface area contributed by atoms with E-state index < -0.39 is 5.97 Å². The van der Waals surface area contributed by atoms with Crippen molar-refractivity contribution in [3.63, 3.8) is 0 Å². The summed E-state index contributed by atoms with van der Waals surface area (Å²) in [6.07, 6.45) is 1.65. The van der Waals surface area contributed by atoms with E-state index in [2.05, 4.69) is 0 Å². The molecule has 1 rings (SSSR count). The summed E-state index contributed by atoms with van der Waals surface area (Å²) in [5.74, 6) is -0.627. The summed E-state index contributed by atoms with van der Waals surface area (Å²) in [4.78, 5) is 11.0. The first-order valence-corrected chi connectivity index (χ1v) is 7.13. The van der Waals surface area contributed by atoms with Gasteiger partial charge in [0.15, 0.2) is 0 Å².